The quantitative estimate of drug-likeness (QED) is 0.334. The van der Waals surface area contributed by atoms with Gasteiger partial charge in [0.2, 0.25) is 5.82 Å². The van der Waals surface area contributed by atoms with Crippen LogP contribution in [0.15, 0.2) is 29.2 Å². The molecule has 0 saturated carbocycles. The van der Waals surface area contributed by atoms with Crippen LogP contribution in [0.3, 0.4) is 0 Å². The summed E-state index contributed by atoms with van der Waals surface area (Å²) in [7, 11) is -0.614. The van der Waals surface area contributed by atoms with Crippen LogP contribution < -0.4 is 4.74 Å². The molecule has 136 valence electrons. The van der Waals surface area contributed by atoms with E-state index in [1.165, 1.54) is 13.2 Å². The molecule has 3 nitrogen and oxygen atoms in total. The summed E-state index contributed by atoms with van der Waals surface area (Å²) >= 11 is 0. The predicted octanol–water partition coefficient (Wildman–Crippen LogP) is 4.20. The summed E-state index contributed by atoms with van der Waals surface area (Å²) in [5.74, 6) is -10.5. The maximum atomic E-state index is 13.7. The summed E-state index contributed by atoms with van der Waals surface area (Å²) in [5.41, 5.74) is -0.802. The van der Waals surface area contributed by atoms with Crippen molar-refractivity contribution in [2.24, 2.45) is 0 Å². The topological polar surface area (TPSA) is 50.1 Å². The van der Waals surface area contributed by atoms with Gasteiger partial charge in [-0.2, -0.15) is 5.26 Å². The summed E-state index contributed by atoms with van der Waals surface area (Å²) in [5, 5.41) is 9.06. The van der Waals surface area contributed by atoms with Crippen molar-refractivity contribution in [2.45, 2.75) is 5.75 Å². The minimum absolute atomic E-state index is 0.196. The Morgan fingerprint density at radius 1 is 1.04 bits per heavy atom. The number of methoxy groups -OCH3 is 1. The third kappa shape index (κ3) is 3.91. The third-order valence-corrected chi connectivity index (χ3v) is 4.63. The number of hydrogen-bond donors (Lipinski definition) is 0. The number of nitriles is 1. The van der Waals surface area contributed by atoms with E-state index in [1.807, 2.05) is 0 Å². The first-order valence-electron chi connectivity index (χ1n) is 6.94. The van der Waals surface area contributed by atoms with E-state index in [9.17, 15) is 26.2 Å². The van der Waals surface area contributed by atoms with Gasteiger partial charge >= 0.3 is 0 Å². The molecule has 0 heterocycles. The average Bonchev–Trinajstić information content (AvgIpc) is 2.65. The summed E-state index contributed by atoms with van der Waals surface area (Å²) in [4.78, 5) is -0.635. The van der Waals surface area contributed by atoms with Crippen molar-refractivity contribution in [3.8, 4) is 11.8 Å². The number of hydrogen-bond acceptors (Lipinski definition) is 3. The lowest BCUT2D eigenvalue weighted by Gasteiger charge is -2.06. The smallest absolute Gasteiger partial charge is 0.200 e. The molecule has 1 atom stereocenters. The zero-order chi connectivity index (χ0) is 19.4. The van der Waals surface area contributed by atoms with Crippen LogP contribution in [-0.4, -0.2) is 11.3 Å². The number of allylic oxidation sites excluding steroid dienone is 1. The summed E-state index contributed by atoms with van der Waals surface area (Å²) in [6.07, 6.45) is 0.399. The van der Waals surface area contributed by atoms with Crippen molar-refractivity contribution >= 4 is 16.9 Å². The van der Waals surface area contributed by atoms with E-state index in [4.69, 9.17) is 10.00 Å². The first-order chi connectivity index (χ1) is 12.3. The van der Waals surface area contributed by atoms with Crippen LogP contribution in [-0.2, 0) is 16.6 Å². The molecule has 0 bridgehead atoms. The van der Waals surface area contributed by atoms with Gasteiger partial charge in [-0.15, -0.1) is 0 Å². The zero-order valence-electron chi connectivity index (χ0n) is 13.2. The Morgan fingerprint density at radius 3 is 2.00 bits per heavy atom. The largest absolute Gasteiger partial charge is 0.497 e. The lowest BCUT2D eigenvalue weighted by molar-refractivity contribution is 0.377. The highest BCUT2D eigenvalue weighted by molar-refractivity contribution is 7.88. The molecule has 0 amide bonds. The number of nitrogens with zero attached hydrogens (tertiary/aromatic N) is 1. The molecular weight excluding hydrogens is 377 g/mol. The van der Waals surface area contributed by atoms with Crippen LogP contribution in [0.2, 0.25) is 0 Å². The molecule has 0 aromatic heterocycles. The monoisotopic (exact) mass is 387 g/mol. The molecule has 9 heteroatoms. The molecule has 0 aliphatic rings. The second-order valence-corrected chi connectivity index (χ2v) is 6.36. The molecule has 0 aliphatic heterocycles. The zero-order valence-corrected chi connectivity index (χ0v) is 14.0. The second-order valence-electron chi connectivity index (χ2n) is 4.94. The highest BCUT2D eigenvalue weighted by Crippen LogP contribution is 2.26. The molecule has 0 saturated heterocycles. The average molecular weight is 387 g/mol. The molecule has 0 spiro atoms. The number of ether oxygens (including phenoxy) is 1. The molecule has 2 aromatic carbocycles. The molecule has 2 rings (SSSR count). The van der Waals surface area contributed by atoms with Crippen molar-refractivity contribution in [3.63, 3.8) is 0 Å². The maximum absolute atomic E-state index is 13.7. The Morgan fingerprint density at radius 2 is 1.54 bits per heavy atom. The molecule has 0 radical (unpaired) electrons. The van der Waals surface area contributed by atoms with Gasteiger partial charge in [-0.25, -0.2) is 22.0 Å². The lowest BCUT2D eigenvalue weighted by atomic mass is 10.1. The van der Waals surface area contributed by atoms with Gasteiger partial charge < -0.3 is 4.74 Å². The van der Waals surface area contributed by atoms with Crippen LogP contribution in [0.25, 0.3) is 6.08 Å². The van der Waals surface area contributed by atoms with Gasteiger partial charge in [-0.3, -0.25) is 4.21 Å². The van der Waals surface area contributed by atoms with E-state index in [2.05, 4.69) is 0 Å². The van der Waals surface area contributed by atoms with Crippen molar-refractivity contribution in [3.05, 3.63) is 69.4 Å². The van der Waals surface area contributed by atoms with Crippen LogP contribution in [0.5, 0.6) is 5.75 Å². The Kier molecular flexibility index (Phi) is 6.10. The summed E-state index contributed by atoms with van der Waals surface area (Å²) < 4.78 is 84.0. The number of halogens is 5. The van der Waals surface area contributed by atoms with Gasteiger partial charge in [0.25, 0.3) is 0 Å². The van der Waals surface area contributed by atoms with E-state index >= 15 is 0 Å². The van der Waals surface area contributed by atoms with Gasteiger partial charge in [0.1, 0.15) is 16.7 Å². The Hall–Kier alpha value is -2.73. The van der Waals surface area contributed by atoms with Gasteiger partial charge in [0.05, 0.1) is 29.2 Å². The van der Waals surface area contributed by atoms with E-state index < -0.39 is 50.4 Å². The molecular formula is C17H10F5NO2S. The highest BCUT2D eigenvalue weighted by atomic mass is 32.2. The van der Waals surface area contributed by atoms with Crippen LogP contribution >= 0.6 is 0 Å². The summed E-state index contributed by atoms with van der Waals surface area (Å²) in [6, 6.07) is 7.74. The fraction of sp³-hybridized carbons (Fsp3) is 0.118. The fourth-order valence-electron chi connectivity index (χ4n) is 1.98. The van der Waals surface area contributed by atoms with Crippen molar-refractivity contribution in [1.82, 2.24) is 0 Å². The van der Waals surface area contributed by atoms with E-state index in [1.54, 1.807) is 24.3 Å². The number of benzene rings is 2. The first-order valence-corrected chi connectivity index (χ1v) is 8.26. The molecule has 1 unspecified atom stereocenters. The molecule has 26 heavy (non-hydrogen) atoms. The minimum Gasteiger partial charge on any atom is -0.497 e. The molecule has 0 N–H and O–H groups in total. The van der Waals surface area contributed by atoms with Crippen molar-refractivity contribution < 1.29 is 30.9 Å². The molecule has 0 fully saturated rings. The van der Waals surface area contributed by atoms with E-state index in [0.717, 1.165) is 0 Å². The highest BCUT2D eigenvalue weighted by Gasteiger charge is 2.25. The van der Waals surface area contributed by atoms with Gasteiger partial charge in [-0.1, -0.05) is 12.1 Å². The SMILES string of the molecule is COc1ccc(CS(=O)/C(C#N)=C\c2c(F)c(F)c(F)c(F)c2F)cc1. The van der Waals surface area contributed by atoms with Crippen LogP contribution in [0.4, 0.5) is 22.0 Å². The van der Waals surface area contributed by atoms with Gasteiger partial charge in [0, 0.05) is 0 Å². The van der Waals surface area contributed by atoms with Crippen molar-refractivity contribution in [2.75, 3.05) is 7.11 Å². The normalized spacial score (nSPS) is 12.6. The molecule has 0 aliphatic carbocycles. The Bertz CT molecular complexity index is 907. The second kappa shape index (κ2) is 8.10. The molecule has 2 aromatic rings. The van der Waals surface area contributed by atoms with Gasteiger partial charge in [-0.05, 0) is 23.8 Å². The van der Waals surface area contributed by atoms with Crippen molar-refractivity contribution in [1.29, 1.82) is 5.26 Å². The van der Waals surface area contributed by atoms with Gasteiger partial charge in [0.15, 0.2) is 23.3 Å². The van der Waals surface area contributed by atoms with E-state index in [0.29, 0.717) is 17.4 Å². The number of rotatable bonds is 5. The van der Waals surface area contributed by atoms with Crippen LogP contribution in [0, 0.1) is 40.4 Å². The fourth-order valence-corrected chi connectivity index (χ4v) is 2.98. The first kappa shape index (κ1) is 19.6. The predicted molar refractivity (Wildman–Crippen MR) is 84.7 cm³/mol. The maximum Gasteiger partial charge on any atom is 0.200 e. The third-order valence-electron chi connectivity index (χ3n) is 3.33. The Balaban J connectivity index is 2.39. The standard InChI is InChI=1S/C17H10F5NO2S/c1-25-10-4-2-9(3-5-10)8-26(24)11(7-23)6-12-13(18)15(20)17(22)16(21)14(12)19/h2-6H,8H2,1H3/b11-6-. The summed E-state index contributed by atoms with van der Waals surface area (Å²) in [6.45, 7) is 0. The van der Waals surface area contributed by atoms with Crippen LogP contribution in [0.1, 0.15) is 11.1 Å². The minimum atomic E-state index is -2.31. The van der Waals surface area contributed by atoms with E-state index in [-0.39, 0.29) is 5.75 Å². The lowest BCUT2D eigenvalue weighted by Crippen LogP contribution is -2.05. The Labute approximate surface area is 147 Å².